The number of nitrogens with zero attached hydrogens (tertiary/aromatic N) is 3. The smallest absolute Gasteiger partial charge is 0.341 e. The summed E-state index contributed by atoms with van der Waals surface area (Å²) in [6.45, 7) is 5.71. The third kappa shape index (κ3) is 3.49. The van der Waals surface area contributed by atoms with E-state index in [1.807, 2.05) is 6.92 Å². The van der Waals surface area contributed by atoms with Crippen LogP contribution in [0, 0.1) is 13.8 Å². The molecule has 8 heteroatoms. The summed E-state index contributed by atoms with van der Waals surface area (Å²) in [6, 6.07) is 8.65. The third-order valence-electron chi connectivity index (χ3n) is 3.83. The summed E-state index contributed by atoms with van der Waals surface area (Å²) >= 11 is 0. The SMILES string of the molecule is CCOC(=O)c1cnn(-c2ccc(C(=O)Nc3cc(C)[nH]n3)cc2)c1C. The normalized spacial score (nSPS) is 10.6. The van der Waals surface area contributed by atoms with Gasteiger partial charge in [0.2, 0.25) is 0 Å². The van der Waals surface area contributed by atoms with Crippen LogP contribution < -0.4 is 5.32 Å². The first-order chi connectivity index (χ1) is 12.5. The first kappa shape index (κ1) is 17.4. The van der Waals surface area contributed by atoms with Gasteiger partial charge in [0.05, 0.1) is 24.2 Å². The van der Waals surface area contributed by atoms with Gasteiger partial charge in [0.25, 0.3) is 5.91 Å². The van der Waals surface area contributed by atoms with Crippen molar-refractivity contribution >= 4 is 17.7 Å². The van der Waals surface area contributed by atoms with E-state index in [1.54, 1.807) is 48.9 Å². The number of esters is 1. The molecule has 8 nitrogen and oxygen atoms in total. The standard InChI is InChI=1S/C18H19N5O3/c1-4-26-18(25)15-10-19-23(12(15)3)14-7-5-13(6-8-14)17(24)20-16-9-11(2)21-22-16/h5-10H,4H2,1-3H3,(H2,20,21,22,24). The van der Waals surface area contributed by atoms with Crippen molar-refractivity contribution in [2.45, 2.75) is 20.8 Å². The second-order valence-corrected chi connectivity index (χ2v) is 5.71. The van der Waals surface area contributed by atoms with Crippen molar-refractivity contribution in [2.24, 2.45) is 0 Å². The molecular formula is C18H19N5O3. The fourth-order valence-electron chi connectivity index (χ4n) is 2.50. The highest BCUT2D eigenvalue weighted by atomic mass is 16.5. The van der Waals surface area contributed by atoms with Gasteiger partial charge < -0.3 is 10.1 Å². The van der Waals surface area contributed by atoms with Crippen molar-refractivity contribution in [2.75, 3.05) is 11.9 Å². The number of carbonyl (C=O) groups is 2. The van der Waals surface area contributed by atoms with Crippen molar-refractivity contribution < 1.29 is 14.3 Å². The van der Waals surface area contributed by atoms with Gasteiger partial charge in [-0.1, -0.05) is 0 Å². The van der Waals surface area contributed by atoms with E-state index >= 15 is 0 Å². The third-order valence-corrected chi connectivity index (χ3v) is 3.83. The van der Waals surface area contributed by atoms with Gasteiger partial charge in [-0.3, -0.25) is 9.89 Å². The number of anilines is 1. The molecule has 3 aromatic rings. The first-order valence-electron chi connectivity index (χ1n) is 8.15. The van der Waals surface area contributed by atoms with Crippen LogP contribution >= 0.6 is 0 Å². The number of hydrogen-bond donors (Lipinski definition) is 2. The zero-order valence-corrected chi connectivity index (χ0v) is 14.7. The minimum absolute atomic E-state index is 0.257. The lowest BCUT2D eigenvalue weighted by Crippen LogP contribution is -2.12. The number of aromatic amines is 1. The Morgan fingerprint density at radius 2 is 1.96 bits per heavy atom. The summed E-state index contributed by atoms with van der Waals surface area (Å²) in [6.07, 6.45) is 1.48. The Bertz CT molecular complexity index is 940. The maximum absolute atomic E-state index is 12.3. The molecule has 26 heavy (non-hydrogen) atoms. The van der Waals surface area contributed by atoms with Gasteiger partial charge in [-0.25, -0.2) is 9.48 Å². The number of hydrogen-bond acceptors (Lipinski definition) is 5. The van der Waals surface area contributed by atoms with Crippen molar-refractivity contribution in [1.29, 1.82) is 0 Å². The first-order valence-corrected chi connectivity index (χ1v) is 8.15. The van der Waals surface area contributed by atoms with E-state index in [0.29, 0.717) is 29.2 Å². The lowest BCUT2D eigenvalue weighted by atomic mass is 10.2. The minimum Gasteiger partial charge on any atom is -0.462 e. The largest absolute Gasteiger partial charge is 0.462 e. The van der Waals surface area contributed by atoms with Crippen molar-refractivity contribution in [3.05, 3.63) is 59.0 Å². The van der Waals surface area contributed by atoms with Gasteiger partial charge in [0.15, 0.2) is 5.82 Å². The Morgan fingerprint density at radius 3 is 2.58 bits per heavy atom. The second kappa shape index (κ2) is 7.22. The minimum atomic E-state index is -0.401. The van der Waals surface area contributed by atoms with E-state index in [1.165, 1.54) is 6.20 Å². The Balaban J connectivity index is 1.77. The summed E-state index contributed by atoms with van der Waals surface area (Å²) in [5.74, 6) is -0.187. The van der Waals surface area contributed by atoms with Crippen molar-refractivity contribution in [3.8, 4) is 5.69 Å². The van der Waals surface area contributed by atoms with E-state index < -0.39 is 5.97 Å². The highest BCUT2D eigenvalue weighted by Crippen LogP contribution is 2.16. The molecule has 0 aliphatic rings. The van der Waals surface area contributed by atoms with Crippen LogP contribution in [0.1, 0.15) is 39.0 Å². The Hall–Kier alpha value is -3.42. The van der Waals surface area contributed by atoms with Gasteiger partial charge >= 0.3 is 5.97 Å². The van der Waals surface area contributed by atoms with Crippen LogP contribution in [0.25, 0.3) is 5.69 Å². The monoisotopic (exact) mass is 353 g/mol. The van der Waals surface area contributed by atoms with Crippen LogP contribution in [0.3, 0.4) is 0 Å². The molecule has 2 aromatic heterocycles. The number of benzene rings is 1. The molecule has 0 saturated heterocycles. The van der Waals surface area contributed by atoms with Crippen molar-refractivity contribution in [3.63, 3.8) is 0 Å². The van der Waals surface area contributed by atoms with E-state index in [-0.39, 0.29) is 5.91 Å². The maximum atomic E-state index is 12.3. The molecule has 0 fully saturated rings. The molecule has 1 amide bonds. The molecule has 0 aliphatic carbocycles. The van der Waals surface area contributed by atoms with Crippen molar-refractivity contribution in [1.82, 2.24) is 20.0 Å². The number of amides is 1. The molecule has 0 saturated carbocycles. The molecule has 0 radical (unpaired) electrons. The van der Waals surface area contributed by atoms with E-state index in [2.05, 4.69) is 20.6 Å². The fourth-order valence-corrected chi connectivity index (χ4v) is 2.50. The zero-order chi connectivity index (χ0) is 18.7. The fraction of sp³-hybridized carbons (Fsp3) is 0.222. The zero-order valence-electron chi connectivity index (χ0n) is 14.7. The summed E-state index contributed by atoms with van der Waals surface area (Å²) in [4.78, 5) is 24.1. The number of aryl methyl sites for hydroxylation is 1. The van der Waals surface area contributed by atoms with Crippen LogP contribution in [0.4, 0.5) is 5.82 Å². The summed E-state index contributed by atoms with van der Waals surface area (Å²) in [5, 5.41) is 13.7. The average Bonchev–Trinajstić information content (AvgIpc) is 3.21. The number of ether oxygens (including phenoxy) is 1. The maximum Gasteiger partial charge on any atom is 0.341 e. The molecule has 2 N–H and O–H groups in total. The molecule has 3 rings (SSSR count). The Morgan fingerprint density at radius 1 is 1.23 bits per heavy atom. The van der Waals surface area contributed by atoms with Crippen LogP contribution in [0.15, 0.2) is 36.5 Å². The molecule has 2 heterocycles. The lowest BCUT2D eigenvalue weighted by Gasteiger charge is -2.07. The Labute approximate surface area is 150 Å². The molecule has 134 valence electrons. The van der Waals surface area contributed by atoms with Crippen LogP contribution in [0.2, 0.25) is 0 Å². The molecule has 0 spiro atoms. The van der Waals surface area contributed by atoms with Gasteiger partial charge in [-0.2, -0.15) is 10.2 Å². The van der Waals surface area contributed by atoms with Gasteiger partial charge in [-0.05, 0) is 45.0 Å². The quantitative estimate of drug-likeness (QED) is 0.687. The van der Waals surface area contributed by atoms with Crippen LogP contribution in [-0.4, -0.2) is 38.5 Å². The Kier molecular flexibility index (Phi) is 4.83. The molecule has 0 aliphatic heterocycles. The molecule has 0 bridgehead atoms. The highest BCUT2D eigenvalue weighted by Gasteiger charge is 2.16. The summed E-state index contributed by atoms with van der Waals surface area (Å²) in [5.41, 5.74) is 3.19. The van der Waals surface area contributed by atoms with Gasteiger partial charge in [-0.15, -0.1) is 0 Å². The number of aromatic nitrogens is 4. The van der Waals surface area contributed by atoms with Crippen LogP contribution in [0.5, 0.6) is 0 Å². The van der Waals surface area contributed by atoms with E-state index in [4.69, 9.17) is 4.74 Å². The highest BCUT2D eigenvalue weighted by molar-refractivity contribution is 6.03. The van der Waals surface area contributed by atoms with Crippen LogP contribution in [-0.2, 0) is 4.74 Å². The molecule has 0 unspecified atom stereocenters. The number of H-pyrrole nitrogens is 1. The number of carbonyl (C=O) groups excluding carboxylic acids is 2. The number of nitrogens with one attached hydrogen (secondary N) is 2. The van der Waals surface area contributed by atoms with E-state index in [0.717, 1.165) is 11.4 Å². The molecular weight excluding hydrogens is 334 g/mol. The second-order valence-electron chi connectivity index (χ2n) is 5.71. The van der Waals surface area contributed by atoms with Gasteiger partial charge in [0.1, 0.15) is 5.56 Å². The summed E-state index contributed by atoms with van der Waals surface area (Å²) in [7, 11) is 0. The lowest BCUT2D eigenvalue weighted by molar-refractivity contribution is 0.0525. The van der Waals surface area contributed by atoms with Gasteiger partial charge in [0, 0.05) is 17.3 Å². The topological polar surface area (TPSA) is 102 Å². The number of rotatable bonds is 5. The predicted molar refractivity (Wildman–Crippen MR) is 95.5 cm³/mol. The average molecular weight is 353 g/mol. The molecule has 0 atom stereocenters. The summed E-state index contributed by atoms with van der Waals surface area (Å²) < 4.78 is 6.64. The van der Waals surface area contributed by atoms with E-state index in [9.17, 15) is 9.59 Å². The predicted octanol–water partition coefficient (Wildman–Crippen LogP) is 2.64. The molecule has 1 aromatic carbocycles.